The number of carbonyl (C=O) groups excluding carboxylic acids is 2. The van der Waals surface area contributed by atoms with Gasteiger partial charge in [-0.05, 0) is 33.6 Å². The highest BCUT2D eigenvalue weighted by molar-refractivity contribution is 5.72. The summed E-state index contributed by atoms with van der Waals surface area (Å²) >= 11 is 0. The largest absolute Gasteiger partial charge is 0.465 e. The lowest BCUT2D eigenvalue weighted by atomic mass is 9.81. The average molecular weight is 445 g/mol. The fourth-order valence-corrected chi connectivity index (χ4v) is 2.97. The second-order valence-corrected chi connectivity index (χ2v) is 11.4. The zero-order valence-electron chi connectivity index (χ0n) is 22.1. The Morgan fingerprint density at radius 1 is 0.710 bits per heavy atom. The van der Waals surface area contributed by atoms with E-state index in [-0.39, 0.29) is 41.2 Å². The van der Waals surface area contributed by atoms with Crippen molar-refractivity contribution in [1.82, 2.24) is 0 Å². The van der Waals surface area contributed by atoms with Crippen LogP contribution in [0.2, 0.25) is 0 Å². The van der Waals surface area contributed by atoms with Crippen LogP contribution < -0.4 is 0 Å². The topological polar surface area (TPSA) is 71.1 Å². The smallest absolute Gasteiger partial charge is 0.308 e. The van der Waals surface area contributed by atoms with E-state index in [1.54, 1.807) is 0 Å². The molecule has 0 amide bonds. The predicted octanol–water partition coefficient (Wildman–Crippen LogP) is 5.42. The molecule has 1 unspecified atom stereocenters. The van der Waals surface area contributed by atoms with Crippen LogP contribution in [0.15, 0.2) is 0 Å². The molecule has 0 saturated heterocycles. The molecular weight excluding hydrogens is 396 g/mol. The molecule has 6 heteroatoms. The molecule has 0 bridgehead atoms. The molecular formula is C25H48O6. The van der Waals surface area contributed by atoms with E-state index in [2.05, 4.69) is 27.7 Å². The Morgan fingerprint density at radius 2 is 1.19 bits per heavy atom. The monoisotopic (exact) mass is 444 g/mol. The Bertz CT molecular complexity index is 560. The highest BCUT2D eigenvalue weighted by atomic mass is 16.6. The third kappa shape index (κ3) is 11.9. The standard InChI is InChI=1S/C25H48O6/c1-17(2)20(31-22(27)19(5)6)23(7,8)15-29-25(11,12)16-30-24(9,10)13-14-28-21(26)18(3)4/h17-20H,13-16H2,1-12H3. The van der Waals surface area contributed by atoms with Gasteiger partial charge in [-0.3, -0.25) is 9.59 Å². The van der Waals surface area contributed by atoms with Crippen LogP contribution in [0.4, 0.5) is 0 Å². The number of rotatable bonds is 14. The summed E-state index contributed by atoms with van der Waals surface area (Å²) in [6.07, 6.45) is 0.361. The van der Waals surface area contributed by atoms with Crippen LogP contribution in [0.25, 0.3) is 0 Å². The van der Waals surface area contributed by atoms with E-state index in [0.29, 0.717) is 26.2 Å². The van der Waals surface area contributed by atoms with E-state index < -0.39 is 11.2 Å². The van der Waals surface area contributed by atoms with E-state index in [1.807, 2.05) is 55.4 Å². The molecule has 184 valence electrons. The van der Waals surface area contributed by atoms with Gasteiger partial charge in [-0.25, -0.2) is 0 Å². The van der Waals surface area contributed by atoms with Gasteiger partial charge < -0.3 is 18.9 Å². The van der Waals surface area contributed by atoms with Crippen LogP contribution >= 0.6 is 0 Å². The summed E-state index contributed by atoms with van der Waals surface area (Å²) < 4.78 is 23.4. The molecule has 0 radical (unpaired) electrons. The molecule has 0 aliphatic heterocycles. The Morgan fingerprint density at radius 3 is 1.65 bits per heavy atom. The fraction of sp³-hybridized carbons (Fsp3) is 0.920. The molecule has 0 aliphatic rings. The molecule has 0 aliphatic carbocycles. The second-order valence-electron chi connectivity index (χ2n) is 11.4. The second kappa shape index (κ2) is 12.2. The van der Waals surface area contributed by atoms with Crippen LogP contribution in [-0.2, 0) is 28.5 Å². The molecule has 0 aromatic carbocycles. The summed E-state index contributed by atoms with van der Waals surface area (Å²) in [5.41, 5.74) is -1.32. The highest BCUT2D eigenvalue weighted by Crippen LogP contribution is 2.32. The van der Waals surface area contributed by atoms with Crippen LogP contribution in [-0.4, -0.2) is 49.1 Å². The van der Waals surface area contributed by atoms with Crippen molar-refractivity contribution in [2.45, 2.75) is 107 Å². The lowest BCUT2D eigenvalue weighted by Gasteiger charge is -2.39. The molecule has 1 atom stereocenters. The molecule has 0 aromatic heterocycles. The van der Waals surface area contributed by atoms with Crippen molar-refractivity contribution >= 4 is 11.9 Å². The van der Waals surface area contributed by atoms with Gasteiger partial charge in [-0.15, -0.1) is 0 Å². The van der Waals surface area contributed by atoms with Crippen LogP contribution in [0.5, 0.6) is 0 Å². The van der Waals surface area contributed by atoms with E-state index >= 15 is 0 Å². The van der Waals surface area contributed by atoms with Gasteiger partial charge in [0, 0.05) is 11.8 Å². The lowest BCUT2D eigenvalue weighted by Crippen LogP contribution is -2.45. The van der Waals surface area contributed by atoms with Gasteiger partial charge in [-0.2, -0.15) is 0 Å². The van der Waals surface area contributed by atoms with E-state index in [0.717, 1.165) is 0 Å². The van der Waals surface area contributed by atoms with E-state index in [9.17, 15) is 9.59 Å². The maximum Gasteiger partial charge on any atom is 0.308 e. The first kappa shape index (κ1) is 29.9. The summed E-state index contributed by atoms with van der Waals surface area (Å²) in [5.74, 6) is -0.499. The molecule has 0 aromatic rings. The zero-order valence-corrected chi connectivity index (χ0v) is 22.1. The SMILES string of the molecule is CC(C)C(=O)OCCC(C)(C)OCC(C)(C)OCC(C)(C)C(OC(=O)C(C)C)C(C)C. The van der Waals surface area contributed by atoms with Gasteiger partial charge in [0.1, 0.15) is 6.10 Å². The number of ether oxygens (including phenoxy) is 4. The predicted molar refractivity (Wildman–Crippen MR) is 124 cm³/mol. The Labute approximate surface area is 190 Å². The summed E-state index contributed by atoms with van der Waals surface area (Å²) in [6, 6.07) is 0. The first-order valence-corrected chi connectivity index (χ1v) is 11.6. The Balaban J connectivity index is 4.78. The van der Waals surface area contributed by atoms with Crippen molar-refractivity contribution in [2.24, 2.45) is 23.2 Å². The van der Waals surface area contributed by atoms with Crippen molar-refractivity contribution in [3.05, 3.63) is 0 Å². The van der Waals surface area contributed by atoms with Gasteiger partial charge in [0.05, 0.1) is 42.9 Å². The molecule has 0 N–H and O–H groups in total. The van der Waals surface area contributed by atoms with Gasteiger partial charge in [0.2, 0.25) is 0 Å². The van der Waals surface area contributed by atoms with Crippen molar-refractivity contribution in [3.63, 3.8) is 0 Å². The molecule has 0 fully saturated rings. The first-order chi connectivity index (χ1) is 13.9. The quantitative estimate of drug-likeness (QED) is 0.333. The third-order valence-electron chi connectivity index (χ3n) is 5.16. The Hall–Kier alpha value is -1.14. The minimum Gasteiger partial charge on any atom is -0.465 e. The minimum absolute atomic E-state index is 0.130. The first-order valence-electron chi connectivity index (χ1n) is 11.6. The number of hydrogen-bond donors (Lipinski definition) is 0. The highest BCUT2D eigenvalue weighted by Gasteiger charge is 2.38. The maximum absolute atomic E-state index is 12.2. The van der Waals surface area contributed by atoms with Crippen molar-refractivity contribution in [1.29, 1.82) is 0 Å². The minimum atomic E-state index is -0.521. The lowest BCUT2D eigenvalue weighted by molar-refractivity contribution is -0.177. The maximum atomic E-state index is 12.2. The summed E-state index contributed by atoms with van der Waals surface area (Å²) in [6.45, 7) is 24.7. The normalized spacial score (nSPS) is 14.3. The molecule has 0 heterocycles. The van der Waals surface area contributed by atoms with Crippen LogP contribution in [0, 0.1) is 23.2 Å². The third-order valence-corrected chi connectivity index (χ3v) is 5.16. The van der Waals surface area contributed by atoms with Crippen molar-refractivity contribution in [3.8, 4) is 0 Å². The van der Waals surface area contributed by atoms with Crippen LogP contribution in [0.3, 0.4) is 0 Å². The van der Waals surface area contributed by atoms with E-state index in [1.165, 1.54) is 0 Å². The molecule has 31 heavy (non-hydrogen) atoms. The summed E-state index contributed by atoms with van der Waals surface area (Å²) in [7, 11) is 0. The van der Waals surface area contributed by atoms with Gasteiger partial charge in [0.25, 0.3) is 0 Å². The van der Waals surface area contributed by atoms with Crippen LogP contribution in [0.1, 0.15) is 89.5 Å². The number of carbonyl (C=O) groups is 2. The van der Waals surface area contributed by atoms with E-state index in [4.69, 9.17) is 18.9 Å². The Kier molecular flexibility index (Phi) is 11.7. The summed E-state index contributed by atoms with van der Waals surface area (Å²) in [5, 5.41) is 0. The van der Waals surface area contributed by atoms with Gasteiger partial charge in [-0.1, -0.05) is 55.4 Å². The van der Waals surface area contributed by atoms with Crippen molar-refractivity contribution < 1.29 is 28.5 Å². The molecule has 0 saturated carbocycles. The van der Waals surface area contributed by atoms with Crippen molar-refractivity contribution in [2.75, 3.05) is 19.8 Å². The number of hydrogen-bond acceptors (Lipinski definition) is 6. The molecule has 0 spiro atoms. The van der Waals surface area contributed by atoms with Gasteiger partial charge >= 0.3 is 11.9 Å². The fourth-order valence-electron chi connectivity index (χ4n) is 2.97. The average Bonchev–Trinajstić information content (AvgIpc) is 2.62. The number of esters is 2. The zero-order chi connectivity index (χ0) is 24.6. The summed E-state index contributed by atoms with van der Waals surface area (Å²) in [4.78, 5) is 23.8. The van der Waals surface area contributed by atoms with Gasteiger partial charge in [0.15, 0.2) is 0 Å². The molecule has 6 nitrogen and oxygen atoms in total. The molecule has 0 rings (SSSR count).